The molecule has 1 heterocycles. The summed E-state index contributed by atoms with van der Waals surface area (Å²) in [5.41, 5.74) is 2.27. The Labute approximate surface area is 117 Å². The lowest BCUT2D eigenvalue weighted by Gasteiger charge is -2.18. The summed E-state index contributed by atoms with van der Waals surface area (Å²) in [6.45, 7) is 2.57. The van der Waals surface area contributed by atoms with Gasteiger partial charge in [-0.3, -0.25) is 4.79 Å². The minimum atomic E-state index is -0.149. The first-order chi connectivity index (χ1) is 9.68. The lowest BCUT2D eigenvalue weighted by atomic mass is 10.0. The third-order valence-corrected chi connectivity index (χ3v) is 3.66. The van der Waals surface area contributed by atoms with Gasteiger partial charge in [-0.25, -0.2) is 4.68 Å². The van der Waals surface area contributed by atoms with Gasteiger partial charge in [0.1, 0.15) is 6.33 Å². The zero-order valence-electron chi connectivity index (χ0n) is 11.4. The van der Waals surface area contributed by atoms with E-state index >= 15 is 0 Å². The fourth-order valence-electron chi connectivity index (χ4n) is 2.38. The highest BCUT2D eigenvalue weighted by Crippen LogP contribution is 2.45. The second-order valence-electron chi connectivity index (χ2n) is 5.32. The van der Waals surface area contributed by atoms with Crippen LogP contribution in [0, 0.1) is 6.92 Å². The zero-order valence-corrected chi connectivity index (χ0v) is 11.4. The number of amides is 1. The highest BCUT2D eigenvalue weighted by atomic mass is 16.1. The quantitative estimate of drug-likeness (QED) is 0.886. The van der Waals surface area contributed by atoms with E-state index in [0.717, 1.165) is 12.8 Å². The van der Waals surface area contributed by atoms with Crippen LogP contribution in [0.5, 0.6) is 0 Å². The van der Waals surface area contributed by atoms with E-state index in [1.54, 1.807) is 4.68 Å². The molecule has 6 nitrogen and oxygen atoms in total. The Kier molecular flexibility index (Phi) is 3.22. The monoisotopic (exact) mass is 271 g/mol. The minimum absolute atomic E-state index is 0.0412. The third kappa shape index (κ3) is 2.68. The number of hydrogen-bond donors (Lipinski definition) is 1. The van der Waals surface area contributed by atoms with Crippen molar-refractivity contribution >= 4 is 5.91 Å². The molecule has 6 heteroatoms. The van der Waals surface area contributed by atoms with Crippen LogP contribution in [-0.4, -0.2) is 26.1 Å². The fraction of sp³-hybridized carbons (Fsp3) is 0.429. The molecule has 1 amide bonds. The molecule has 104 valence electrons. The Morgan fingerprint density at radius 3 is 2.95 bits per heavy atom. The third-order valence-electron chi connectivity index (χ3n) is 3.66. The number of tetrazole rings is 1. The Bertz CT molecular complexity index is 604. The van der Waals surface area contributed by atoms with Crippen molar-refractivity contribution in [3.8, 4) is 0 Å². The van der Waals surface area contributed by atoms with Crippen molar-refractivity contribution in [2.75, 3.05) is 0 Å². The summed E-state index contributed by atoms with van der Waals surface area (Å²) in [7, 11) is 0. The molecule has 1 saturated carbocycles. The smallest absolute Gasteiger partial charge is 0.222 e. The van der Waals surface area contributed by atoms with Gasteiger partial charge >= 0.3 is 0 Å². The number of nitrogens with zero attached hydrogens (tertiary/aromatic N) is 4. The molecule has 0 bridgehead atoms. The molecule has 2 aromatic rings. The molecule has 3 rings (SSSR count). The maximum Gasteiger partial charge on any atom is 0.222 e. The second-order valence-corrected chi connectivity index (χ2v) is 5.32. The Hall–Kier alpha value is -2.24. The molecule has 20 heavy (non-hydrogen) atoms. The first kappa shape index (κ1) is 12.8. The molecule has 1 aliphatic carbocycles. The number of carbonyl (C=O) groups is 1. The zero-order chi connectivity index (χ0) is 14.0. The number of nitrogens with one attached hydrogen (secondary N) is 1. The maximum atomic E-state index is 12.1. The predicted octanol–water partition coefficient (Wildman–Crippen LogP) is 1.18. The van der Waals surface area contributed by atoms with Gasteiger partial charge in [-0.05, 0) is 35.8 Å². The van der Waals surface area contributed by atoms with Gasteiger partial charge in [-0.2, -0.15) is 0 Å². The summed E-state index contributed by atoms with van der Waals surface area (Å²) in [4.78, 5) is 12.1. The van der Waals surface area contributed by atoms with Crippen LogP contribution in [0.3, 0.4) is 0 Å². The number of aromatic nitrogens is 4. The van der Waals surface area contributed by atoms with Gasteiger partial charge in [0, 0.05) is 6.42 Å². The minimum Gasteiger partial charge on any atom is -0.347 e. The molecule has 0 saturated heterocycles. The van der Waals surface area contributed by atoms with Crippen LogP contribution in [0.25, 0.3) is 0 Å². The molecule has 0 spiro atoms. The van der Waals surface area contributed by atoms with Crippen LogP contribution < -0.4 is 5.32 Å². The highest BCUT2D eigenvalue weighted by molar-refractivity contribution is 5.77. The van der Waals surface area contributed by atoms with Gasteiger partial charge in [0.05, 0.1) is 12.1 Å². The predicted molar refractivity (Wildman–Crippen MR) is 72.7 cm³/mol. The van der Waals surface area contributed by atoms with Gasteiger partial charge in [0.2, 0.25) is 5.91 Å². The van der Waals surface area contributed by atoms with Crippen molar-refractivity contribution in [2.24, 2.45) is 0 Å². The number of rotatable bonds is 5. The van der Waals surface area contributed by atoms with E-state index < -0.39 is 0 Å². The van der Waals surface area contributed by atoms with E-state index in [1.807, 2.05) is 6.07 Å². The standard InChI is InChI=1S/C14H17N5O/c1-11-3-2-4-12(9-11)14(6-7-14)16-13(20)5-8-19-10-15-17-18-19/h2-4,9-10H,5-8H2,1H3,(H,16,20). The summed E-state index contributed by atoms with van der Waals surface area (Å²) >= 11 is 0. The van der Waals surface area contributed by atoms with Crippen LogP contribution in [0.2, 0.25) is 0 Å². The topological polar surface area (TPSA) is 72.7 Å². The molecule has 1 aliphatic rings. The molecule has 1 aromatic heterocycles. The Morgan fingerprint density at radius 1 is 1.45 bits per heavy atom. The normalized spacial score (nSPS) is 15.8. The first-order valence-electron chi connectivity index (χ1n) is 6.77. The van der Waals surface area contributed by atoms with Crippen molar-refractivity contribution < 1.29 is 4.79 Å². The lowest BCUT2D eigenvalue weighted by molar-refractivity contribution is -0.122. The Balaban J connectivity index is 1.61. The molecular weight excluding hydrogens is 254 g/mol. The van der Waals surface area contributed by atoms with Gasteiger partial charge in [0.25, 0.3) is 0 Å². The van der Waals surface area contributed by atoms with E-state index in [9.17, 15) is 4.79 Å². The summed E-state index contributed by atoms with van der Waals surface area (Å²) in [6.07, 6.45) is 3.92. The van der Waals surface area contributed by atoms with Gasteiger partial charge < -0.3 is 5.32 Å². The number of carbonyl (C=O) groups excluding carboxylic acids is 1. The maximum absolute atomic E-state index is 12.1. The van der Waals surface area contributed by atoms with Crippen molar-refractivity contribution in [3.05, 3.63) is 41.7 Å². The van der Waals surface area contributed by atoms with Crippen molar-refractivity contribution in [1.82, 2.24) is 25.5 Å². The number of benzene rings is 1. The molecule has 0 atom stereocenters. The lowest BCUT2D eigenvalue weighted by Crippen LogP contribution is -2.35. The van der Waals surface area contributed by atoms with Gasteiger partial charge in [0.15, 0.2) is 0 Å². The van der Waals surface area contributed by atoms with E-state index in [1.165, 1.54) is 17.5 Å². The van der Waals surface area contributed by atoms with E-state index in [-0.39, 0.29) is 11.4 Å². The fourth-order valence-corrected chi connectivity index (χ4v) is 2.38. The van der Waals surface area contributed by atoms with Crippen LogP contribution >= 0.6 is 0 Å². The molecule has 1 N–H and O–H groups in total. The molecular formula is C14H17N5O. The molecule has 1 fully saturated rings. The largest absolute Gasteiger partial charge is 0.347 e. The van der Waals surface area contributed by atoms with Crippen molar-refractivity contribution in [2.45, 2.75) is 38.3 Å². The van der Waals surface area contributed by atoms with Crippen molar-refractivity contribution in [3.63, 3.8) is 0 Å². The Morgan fingerprint density at radius 2 is 2.30 bits per heavy atom. The van der Waals surface area contributed by atoms with Crippen LogP contribution in [0.1, 0.15) is 30.4 Å². The molecule has 0 unspecified atom stereocenters. The summed E-state index contributed by atoms with van der Waals surface area (Å²) in [5.74, 6) is 0.0412. The van der Waals surface area contributed by atoms with E-state index in [2.05, 4.69) is 46.0 Å². The molecule has 0 radical (unpaired) electrons. The van der Waals surface area contributed by atoms with E-state index in [4.69, 9.17) is 0 Å². The van der Waals surface area contributed by atoms with Crippen LogP contribution in [0.4, 0.5) is 0 Å². The molecule has 0 aliphatic heterocycles. The molecule has 1 aromatic carbocycles. The second kappa shape index (κ2) is 5.03. The highest BCUT2D eigenvalue weighted by Gasteiger charge is 2.45. The first-order valence-corrected chi connectivity index (χ1v) is 6.77. The van der Waals surface area contributed by atoms with E-state index in [0.29, 0.717) is 13.0 Å². The van der Waals surface area contributed by atoms with Crippen molar-refractivity contribution in [1.29, 1.82) is 0 Å². The van der Waals surface area contributed by atoms with Crippen LogP contribution in [-0.2, 0) is 16.9 Å². The number of aryl methyl sites for hydroxylation is 2. The van der Waals surface area contributed by atoms with Gasteiger partial charge in [-0.15, -0.1) is 5.10 Å². The van der Waals surface area contributed by atoms with Gasteiger partial charge in [-0.1, -0.05) is 29.8 Å². The SMILES string of the molecule is Cc1cccc(C2(NC(=O)CCn3cnnn3)CC2)c1. The average Bonchev–Trinajstić information content (AvgIpc) is 3.02. The summed E-state index contributed by atoms with van der Waals surface area (Å²) < 4.78 is 1.56. The summed E-state index contributed by atoms with van der Waals surface area (Å²) in [6, 6.07) is 8.34. The van der Waals surface area contributed by atoms with Crippen LogP contribution in [0.15, 0.2) is 30.6 Å². The average molecular weight is 271 g/mol. The summed E-state index contributed by atoms with van der Waals surface area (Å²) in [5, 5.41) is 14.0. The number of hydrogen-bond acceptors (Lipinski definition) is 4.